The lowest BCUT2D eigenvalue weighted by Crippen LogP contribution is -2.16. The quantitative estimate of drug-likeness (QED) is 0.168. The summed E-state index contributed by atoms with van der Waals surface area (Å²) >= 11 is 0. The van der Waals surface area contributed by atoms with Gasteiger partial charge in [0.15, 0.2) is 5.78 Å². The number of nitrogens with zero attached hydrogens (tertiary/aromatic N) is 2. The monoisotopic (exact) mass is 478 g/mol. The molecule has 1 heterocycles. The normalized spacial score (nSPS) is 11.7. The summed E-state index contributed by atoms with van der Waals surface area (Å²) in [5.74, 6) is -0.644. The van der Waals surface area contributed by atoms with Crippen molar-refractivity contribution < 1.29 is 27.6 Å². The molecule has 0 radical (unpaired) electrons. The maximum atomic E-state index is 12.8. The predicted octanol–water partition coefficient (Wildman–Crippen LogP) is 7.08. The van der Waals surface area contributed by atoms with Gasteiger partial charge in [-0.1, -0.05) is 48.5 Å². The topological polar surface area (TPSA) is 82.3 Å². The van der Waals surface area contributed by atoms with E-state index in [0.29, 0.717) is 33.3 Å². The molecule has 0 saturated heterocycles. The van der Waals surface area contributed by atoms with Crippen LogP contribution in [-0.4, -0.2) is 22.1 Å². The maximum absolute atomic E-state index is 12.8. The van der Waals surface area contributed by atoms with E-state index in [1.165, 1.54) is 49.4 Å². The number of hydrogen-bond acceptors (Lipinski definition) is 5. The maximum Gasteiger partial charge on any atom is 0.573 e. The fraction of sp³-hybridized carbons (Fsp3) is 0.0769. The van der Waals surface area contributed by atoms with E-state index in [0.717, 1.165) is 0 Å². The number of pyridine rings is 1. The van der Waals surface area contributed by atoms with E-state index in [1.54, 1.807) is 36.4 Å². The third kappa shape index (κ3) is 5.35. The summed E-state index contributed by atoms with van der Waals surface area (Å²) in [5, 5.41) is 11.8. The molecular formula is C26H17F3N2O4. The number of non-ortho nitro benzene ring substituents is 1. The van der Waals surface area contributed by atoms with E-state index in [1.807, 2.05) is 6.07 Å². The zero-order valence-corrected chi connectivity index (χ0v) is 18.2. The van der Waals surface area contributed by atoms with E-state index in [-0.39, 0.29) is 22.8 Å². The SMILES string of the molecule is CC(=O)c1c(/C=C/c2ccc(OC(F)(F)F)cc2)nc2ccc([N+](=O)[O-])cc2c1-c1ccccc1. The second-order valence-corrected chi connectivity index (χ2v) is 7.58. The Bertz CT molecular complexity index is 1450. The van der Waals surface area contributed by atoms with E-state index >= 15 is 0 Å². The van der Waals surface area contributed by atoms with Gasteiger partial charge >= 0.3 is 6.36 Å². The molecule has 0 aliphatic heterocycles. The molecule has 0 amide bonds. The van der Waals surface area contributed by atoms with Crippen LogP contribution >= 0.6 is 0 Å². The first-order valence-corrected chi connectivity index (χ1v) is 10.3. The number of Topliss-reactive ketones (excluding diaryl/α,β-unsaturated/α-hetero) is 1. The standard InChI is InChI=1S/C26H17F3N2O4/c1-16(32)24-23(13-9-17-7-11-20(12-8-17)35-26(27,28)29)30-22-14-10-19(31(33)34)15-21(22)25(24)18-5-3-2-4-6-18/h2-15H,1H3/b13-9+. The molecule has 3 aromatic carbocycles. The molecule has 0 aliphatic rings. The van der Waals surface area contributed by atoms with Crippen LogP contribution in [-0.2, 0) is 0 Å². The van der Waals surface area contributed by atoms with Crippen molar-refractivity contribution in [3.05, 3.63) is 99.7 Å². The van der Waals surface area contributed by atoms with E-state index in [9.17, 15) is 28.1 Å². The van der Waals surface area contributed by atoms with Crippen LogP contribution in [0.1, 0.15) is 28.5 Å². The zero-order chi connectivity index (χ0) is 25.2. The number of nitro benzene ring substituents is 1. The summed E-state index contributed by atoms with van der Waals surface area (Å²) in [7, 11) is 0. The minimum absolute atomic E-state index is 0.129. The van der Waals surface area contributed by atoms with Gasteiger partial charge < -0.3 is 4.74 Å². The van der Waals surface area contributed by atoms with Crippen molar-refractivity contribution in [3.63, 3.8) is 0 Å². The number of halogens is 3. The molecule has 0 N–H and O–H groups in total. The number of aromatic nitrogens is 1. The summed E-state index contributed by atoms with van der Waals surface area (Å²) in [6, 6.07) is 18.5. The summed E-state index contributed by atoms with van der Waals surface area (Å²) in [4.78, 5) is 28.2. The number of alkyl halides is 3. The highest BCUT2D eigenvalue weighted by atomic mass is 19.4. The first kappa shape index (κ1) is 23.6. The first-order chi connectivity index (χ1) is 16.6. The van der Waals surface area contributed by atoms with Crippen molar-refractivity contribution in [2.24, 2.45) is 0 Å². The molecule has 0 fully saturated rings. The smallest absolute Gasteiger partial charge is 0.406 e. The molecule has 0 bridgehead atoms. The Balaban J connectivity index is 1.87. The predicted molar refractivity (Wildman–Crippen MR) is 126 cm³/mol. The van der Waals surface area contributed by atoms with Crippen LogP contribution in [0.4, 0.5) is 18.9 Å². The lowest BCUT2D eigenvalue weighted by molar-refractivity contribution is -0.384. The van der Waals surface area contributed by atoms with Crippen LogP contribution in [0.2, 0.25) is 0 Å². The van der Waals surface area contributed by atoms with Gasteiger partial charge in [-0.25, -0.2) is 4.98 Å². The lowest BCUT2D eigenvalue weighted by atomic mass is 9.91. The van der Waals surface area contributed by atoms with Crippen LogP contribution in [0, 0.1) is 10.1 Å². The molecule has 1 aromatic heterocycles. The van der Waals surface area contributed by atoms with Crippen LogP contribution in [0.15, 0.2) is 72.8 Å². The fourth-order valence-corrected chi connectivity index (χ4v) is 3.72. The van der Waals surface area contributed by atoms with E-state index in [2.05, 4.69) is 9.72 Å². The van der Waals surface area contributed by atoms with Gasteiger partial charge in [0.05, 0.1) is 21.7 Å². The van der Waals surface area contributed by atoms with Gasteiger partial charge in [-0.15, -0.1) is 13.2 Å². The Hall–Kier alpha value is -4.53. The van der Waals surface area contributed by atoms with Crippen molar-refractivity contribution >= 4 is 34.5 Å². The van der Waals surface area contributed by atoms with Gasteiger partial charge in [-0.2, -0.15) is 0 Å². The number of ketones is 1. The Morgan fingerprint density at radius 3 is 2.29 bits per heavy atom. The Labute approximate surface area is 197 Å². The summed E-state index contributed by atoms with van der Waals surface area (Å²) in [6.45, 7) is 1.38. The van der Waals surface area contributed by atoms with Gasteiger partial charge in [-0.3, -0.25) is 14.9 Å². The fourth-order valence-electron chi connectivity index (χ4n) is 3.72. The van der Waals surface area contributed by atoms with Crippen molar-refractivity contribution in [2.75, 3.05) is 0 Å². The third-order valence-electron chi connectivity index (χ3n) is 5.17. The molecule has 0 saturated carbocycles. The number of fused-ring (bicyclic) bond motifs is 1. The molecule has 0 unspecified atom stereocenters. The Kier molecular flexibility index (Phi) is 6.33. The van der Waals surface area contributed by atoms with Crippen LogP contribution in [0.25, 0.3) is 34.2 Å². The number of carbonyl (C=O) groups is 1. The molecule has 0 aliphatic carbocycles. The van der Waals surface area contributed by atoms with Crippen molar-refractivity contribution in [1.82, 2.24) is 4.98 Å². The number of ether oxygens (including phenoxy) is 1. The van der Waals surface area contributed by atoms with Gasteiger partial charge in [0, 0.05) is 23.1 Å². The lowest BCUT2D eigenvalue weighted by Gasteiger charge is -2.14. The molecule has 176 valence electrons. The summed E-state index contributed by atoms with van der Waals surface area (Å²) in [6.07, 6.45) is -1.59. The molecule has 0 spiro atoms. The Morgan fingerprint density at radius 2 is 1.69 bits per heavy atom. The van der Waals surface area contributed by atoms with Gasteiger partial charge in [0.1, 0.15) is 5.75 Å². The molecule has 9 heteroatoms. The molecular weight excluding hydrogens is 461 g/mol. The highest BCUT2D eigenvalue weighted by Gasteiger charge is 2.31. The zero-order valence-electron chi connectivity index (χ0n) is 18.2. The number of benzene rings is 3. The van der Waals surface area contributed by atoms with Gasteiger partial charge in [0.2, 0.25) is 0 Å². The molecule has 4 rings (SSSR count). The van der Waals surface area contributed by atoms with Crippen LogP contribution < -0.4 is 4.74 Å². The summed E-state index contributed by atoms with van der Waals surface area (Å²) in [5.41, 5.74) is 2.68. The van der Waals surface area contributed by atoms with E-state index < -0.39 is 11.3 Å². The highest BCUT2D eigenvalue weighted by molar-refractivity contribution is 6.11. The number of hydrogen-bond donors (Lipinski definition) is 0. The highest BCUT2D eigenvalue weighted by Crippen LogP contribution is 2.36. The molecule has 0 atom stereocenters. The molecule has 6 nitrogen and oxygen atoms in total. The minimum atomic E-state index is -4.79. The second kappa shape index (κ2) is 9.38. The van der Waals surface area contributed by atoms with Crippen molar-refractivity contribution in [2.45, 2.75) is 13.3 Å². The largest absolute Gasteiger partial charge is 0.573 e. The second-order valence-electron chi connectivity index (χ2n) is 7.58. The number of carbonyl (C=O) groups excluding carboxylic acids is 1. The average Bonchev–Trinajstić information content (AvgIpc) is 2.81. The van der Waals surface area contributed by atoms with E-state index in [4.69, 9.17) is 0 Å². The Morgan fingerprint density at radius 1 is 1.00 bits per heavy atom. The third-order valence-corrected chi connectivity index (χ3v) is 5.17. The average molecular weight is 478 g/mol. The summed E-state index contributed by atoms with van der Waals surface area (Å²) < 4.78 is 41.1. The van der Waals surface area contributed by atoms with Gasteiger partial charge in [-0.05, 0) is 42.3 Å². The van der Waals surface area contributed by atoms with Crippen LogP contribution in [0.5, 0.6) is 5.75 Å². The molecule has 4 aromatic rings. The molecule has 35 heavy (non-hydrogen) atoms. The van der Waals surface area contributed by atoms with Crippen molar-refractivity contribution in [1.29, 1.82) is 0 Å². The van der Waals surface area contributed by atoms with Crippen LogP contribution in [0.3, 0.4) is 0 Å². The van der Waals surface area contributed by atoms with Gasteiger partial charge in [0.25, 0.3) is 5.69 Å². The first-order valence-electron chi connectivity index (χ1n) is 10.3. The number of nitro groups is 1. The van der Waals surface area contributed by atoms with Crippen molar-refractivity contribution in [3.8, 4) is 16.9 Å². The number of rotatable bonds is 6. The minimum Gasteiger partial charge on any atom is -0.406 e.